The van der Waals surface area contributed by atoms with Crippen LogP contribution >= 0.6 is 0 Å². The minimum atomic E-state index is -0.343. The fourth-order valence-electron chi connectivity index (χ4n) is 3.37. The molecular formula is C19H18N6O3. The van der Waals surface area contributed by atoms with Crippen molar-refractivity contribution >= 4 is 5.91 Å². The summed E-state index contributed by atoms with van der Waals surface area (Å²) in [4.78, 5) is 46.4. The summed E-state index contributed by atoms with van der Waals surface area (Å²) in [6.45, 7) is 0.560. The SMILES string of the molecule is COc1ncccc1-c1cc(=O)[nH]c([C@H]2CCCN2C(=O)c2cnccn2)n1. The smallest absolute Gasteiger partial charge is 0.274 e. The lowest BCUT2D eigenvalue weighted by Gasteiger charge is -2.23. The molecule has 0 radical (unpaired) electrons. The van der Waals surface area contributed by atoms with Crippen molar-refractivity contribution in [2.45, 2.75) is 18.9 Å². The van der Waals surface area contributed by atoms with Gasteiger partial charge in [-0.15, -0.1) is 0 Å². The molecule has 1 fully saturated rings. The van der Waals surface area contributed by atoms with Gasteiger partial charge in [0, 0.05) is 31.2 Å². The van der Waals surface area contributed by atoms with Crippen LogP contribution in [0.5, 0.6) is 5.88 Å². The van der Waals surface area contributed by atoms with Crippen molar-refractivity contribution < 1.29 is 9.53 Å². The summed E-state index contributed by atoms with van der Waals surface area (Å²) in [7, 11) is 1.51. The van der Waals surface area contributed by atoms with Gasteiger partial charge in [-0.2, -0.15) is 0 Å². The van der Waals surface area contributed by atoms with E-state index < -0.39 is 0 Å². The molecule has 0 aromatic carbocycles. The van der Waals surface area contributed by atoms with Crippen molar-refractivity contribution in [3.8, 4) is 17.1 Å². The van der Waals surface area contributed by atoms with E-state index >= 15 is 0 Å². The summed E-state index contributed by atoms with van der Waals surface area (Å²) < 4.78 is 5.28. The Morgan fingerprint density at radius 3 is 2.96 bits per heavy atom. The molecule has 28 heavy (non-hydrogen) atoms. The molecule has 0 aliphatic carbocycles. The monoisotopic (exact) mass is 378 g/mol. The zero-order chi connectivity index (χ0) is 19.5. The van der Waals surface area contributed by atoms with Crippen molar-refractivity contribution in [3.05, 3.63) is 64.9 Å². The topological polar surface area (TPSA) is 114 Å². The number of aromatic amines is 1. The number of H-pyrrole nitrogens is 1. The molecule has 0 unspecified atom stereocenters. The number of ether oxygens (including phenoxy) is 1. The highest BCUT2D eigenvalue weighted by molar-refractivity contribution is 5.92. The first kappa shape index (κ1) is 17.8. The highest BCUT2D eigenvalue weighted by Gasteiger charge is 2.33. The molecule has 0 saturated carbocycles. The lowest BCUT2D eigenvalue weighted by Crippen LogP contribution is -2.33. The molecule has 9 heteroatoms. The zero-order valence-electron chi connectivity index (χ0n) is 15.2. The van der Waals surface area contributed by atoms with Crippen LogP contribution in [0.3, 0.4) is 0 Å². The highest BCUT2D eigenvalue weighted by Crippen LogP contribution is 2.32. The average Bonchev–Trinajstić information content (AvgIpc) is 3.23. The van der Waals surface area contributed by atoms with Crippen LogP contribution in [0.25, 0.3) is 11.3 Å². The second-order valence-corrected chi connectivity index (χ2v) is 6.32. The number of carbonyl (C=O) groups excluding carboxylic acids is 1. The van der Waals surface area contributed by atoms with Gasteiger partial charge < -0.3 is 14.6 Å². The zero-order valence-corrected chi connectivity index (χ0v) is 15.2. The number of hydrogen-bond donors (Lipinski definition) is 1. The van der Waals surface area contributed by atoms with Gasteiger partial charge in [-0.05, 0) is 25.0 Å². The second kappa shape index (κ2) is 7.55. The summed E-state index contributed by atoms with van der Waals surface area (Å²) in [6, 6.07) is 4.59. The van der Waals surface area contributed by atoms with Crippen molar-refractivity contribution in [1.29, 1.82) is 0 Å². The number of nitrogens with one attached hydrogen (secondary N) is 1. The summed E-state index contributed by atoms with van der Waals surface area (Å²) in [5.41, 5.74) is 1.02. The predicted molar refractivity (Wildman–Crippen MR) is 99.7 cm³/mol. The molecule has 0 bridgehead atoms. The largest absolute Gasteiger partial charge is 0.481 e. The third-order valence-corrected chi connectivity index (χ3v) is 4.61. The Hall–Kier alpha value is -3.62. The van der Waals surface area contributed by atoms with Gasteiger partial charge in [-0.25, -0.2) is 15.0 Å². The van der Waals surface area contributed by atoms with E-state index in [0.717, 1.165) is 6.42 Å². The molecule has 1 atom stereocenters. The molecule has 4 rings (SSSR count). The van der Waals surface area contributed by atoms with E-state index in [1.165, 1.54) is 31.8 Å². The van der Waals surface area contributed by atoms with E-state index in [-0.39, 0.29) is 23.2 Å². The summed E-state index contributed by atoms with van der Waals surface area (Å²) in [5.74, 6) is 0.580. The van der Waals surface area contributed by atoms with Crippen LogP contribution in [-0.4, -0.2) is 49.4 Å². The van der Waals surface area contributed by atoms with E-state index in [1.807, 2.05) is 0 Å². The molecule has 3 aromatic heterocycles. The van der Waals surface area contributed by atoms with Gasteiger partial charge in [-0.1, -0.05) is 0 Å². The molecule has 4 heterocycles. The van der Waals surface area contributed by atoms with Gasteiger partial charge in [0.2, 0.25) is 5.88 Å². The molecule has 1 aliphatic rings. The van der Waals surface area contributed by atoms with Crippen molar-refractivity contribution in [2.75, 3.05) is 13.7 Å². The Morgan fingerprint density at radius 2 is 2.18 bits per heavy atom. The number of amides is 1. The first-order valence-electron chi connectivity index (χ1n) is 8.85. The Labute approximate surface area is 160 Å². The molecule has 1 saturated heterocycles. The Kier molecular flexibility index (Phi) is 4.79. The maximum absolute atomic E-state index is 12.8. The number of likely N-dealkylation sites (tertiary alicyclic amines) is 1. The number of aromatic nitrogens is 5. The molecule has 0 spiro atoms. The van der Waals surface area contributed by atoms with Crippen molar-refractivity contribution in [1.82, 2.24) is 29.8 Å². The first-order chi connectivity index (χ1) is 13.7. The van der Waals surface area contributed by atoms with Crippen LogP contribution in [0, 0.1) is 0 Å². The van der Waals surface area contributed by atoms with E-state index in [2.05, 4.69) is 24.9 Å². The number of carbonyl (C=O) groups is 1. The Bertz CT molecular complexity index is 1050. The second-order valence-electron chi connectivity index (χ2n) is 6.32. The van der Waals surface area contributed by atoms with E-state index in [1.54, 1.807) is 23.2 Å². The van der Waals surface area contributed by atoms with E-state index in [4.69, 9.17) is 4.74 Å². The maximum atomic E-state index is 12.8. The predicted octanol–water partition coefficient (Wildman–Crippen LogP) is 1.61. The van der Waals surface area contributed by atoms with Crippen LogP contribution in [0.15, 0.2) is 47.8 Å². The Balaban J connectivity index is 1.72. The molecule has 1 aliphatic heterocycles. The number of rotatable bonds is 4. The quantitative estimate of drug-likeness (QED) is 0.733. The molecule has 1 N–H and O–H groups in total. The van der Waals surface area contributed by atoms with Crippen LogP contribution in [0.2, 0.25) is 0 Å². The van der Waals surface area contributed by atoms with Gasteiger partial charge in [0.25, 0.3) is 11.5 Å². The number of nitrogens with zero attached hydrogens (tertiary/aromatic N) is 5. The summed E-state index contributed by atoms with van der Waals surface area (Å²) in [6.07, 6.45) is 7.54. The molecule has 3 aromatic rings. The molecular weight excluding hydrogens is 360 g/mol. The van der Waals surface area contributed by atoms with Crippen LogP contribution < -0.4 is 10.3 Å². The van der Waals surface area contributed by atoms with Crippen molar-refractivity contribution in [2.24, 2.45) is 0 Å². The van der Waals surface area contributed by atoms with Crippen LogP contribution in [-0.2, 0) is 0 Å². The number of methoxy groups -OCH3 is 1. The van der Waals surface area contributed by atoms with Gasteiger partial charge >= 0.3 is 0 Å². The normalized spacial score (nSPS) is 16.2. The van der Waals surface area contributed by atoms with Gasteiger partial charge in [0.05, 0.1) is 30.6 Å². The third kappa shape index (κ3) is 3.34. The number of pyridine rings is 1. The molecule has 1 amide bonds. The number of hydrogen-bond acceptors (Lipinski definition) is 7. The van der Waals surface area contributed by atoms with Crippen LogP contribution in [0.4, 0.5) is 0 Å². The lowest BCUT2D eigenvalue weighted by molar-refractivity contribution is 0.0723. The van der Waals surface area contributed by atoms with E-state index in [0.29, 0.717) is 35.9 Å². The lowest BCUT2D eigenvalue weighted by atomic mass is 10.1. The summed E-state index contributed by atoms with van der Waals surface area (Å²) >= 11 is 0. The third-order valence-electron chi connectivity index (χ3n) is 4.61. The van der Waals surface area contributed by atoms with Gasteiger partial charge in [0.1, 0.15) is 11.5 Å². The van der Waals surface area contributed by atoms with Gasteiger partial charge in [-0.3, -0.25) is 14.6 Å². The minimum absolute atomic E-state index is 0.234. The highest BCUT2D eigenvalue weighted by atomic mass is 16.5. The maximum Gasteiger partial charge on any atom is 0.274 e. The average molecular weight is 378 g/mol. The fraction of sp³-hybridized carbons (Fsp3) is 0.263. The van der Waals surface area contributed by atoms with E-state index in [9.17, 15) is 9.59 Å². The Morgan fingerprint density at radius 1 is 1.29 bits per heavy atom. The molecule has 142 valence electrons. The minimum Gasteiger partial charge on any atom is -0.481 e. The fourth-order valence-corrected chi connectivity index (χ4v) is 3.37. The van der Waals surface area contributed by atoms with Crippen LogP contribution in [0.1, 0.15) is 35.2 Å². The molecule has 9 nitrogen and oxygen atoms in total. The van der Waals surface area contributed by atoms with Crippen molar-refractivity contribution in [3.63, 3.8) is 0 Å². The summed E-state index contributed by atoms with van der Waals surface area (Å²) in [5, 5.41) is 0. The first-order valence-corrected chi connectivity index (χ1v) is 8.85. The standard InChI is InChI=1S/C19H18N6O3/c1-28-18-12(4-2-6-22-18)13-10-16(26)24-17(23-13)15-5-3-9-25(15)19(27)14-11-20-7-8-21-14/h2,4,6-8,10-11,15H,3,5,9H2,1H3,(H,23,24,26)/t15-/m1/s1. The van der Waals surface area contributed by atoms with Gasteiger partial charge in [0.15, 0.2) is 0 Å².